The van der Waals surface area contributed by atoms with Crippen LogP contribution in [0, 0.1) is 0 Å². The maximum Gasteiger partial charge on any atom is 0.306 e. The standard InChI is InChI=1S/C58H102O6/c1-4-7-10-13-16-19-22-25-27-29-31-33-36-39-42-45-48-51-57(60)63-54-55(53-62-56(59)50-47-44-41-38-35-32-24-21-18-15-12-9-6-3)64-58(61)52-49-46-43-40-37-34-30-28-26-23-20-17-14-11-8-5-2/h9,12,18,21,25,27-28,30,32,35,55H,4-8,10-11,13-17,19-20,22-24,26,29,31,33-34,36-54H2,1-3H3/b12-9-,21-18-,27-25-,30-28-,35-32-. The van der Waals surface area contributed by atoms with Crippen molar-refractivity contribution in [2.45, 2.75) is 277 Å². The molecular weight excluding hydrogens is 793 g/mol. The second-order valence-electron chi connectivity index (χ2n) is 18.1. The largest absolute Gasteiger partial charge is 0.462 e. The van der Waals surface area contributed by atoms with Crippen LogP contribution in [0.2, 0.25) is 0 Å². The van der Waals surface area contributed by atoms with Crippen LogP contribution < -0.4 is 0 Å². The molecule has 0 aromatic carbocycles. The zero-order valence-electron chi connectivity index (χ0n) is 42.3. The molecule has 1 unspecified atom stereocenters. The Bertz CT molecular complexity index is 1170. The highest BCUT2D eigenvalue weighted by Crippen LogP contribution is 2.14. The van der Waals surface area contributed by atoms with Gasteiger partial charge in [0.1, 0.15) is 13.2 Å². The predicted octanol–water partition coefficient (Wildman–Crippen LogP) is 18.0. The second kappa shape index (κ2) is 52.7. The van der Waals surface area contributed by atoms with Crippen LogP contribution in [0.15, 0.2) is 60.8 Å². The molecule has 0 saturated heterocycles. The Hall–Kier alpha value is -2.89. The van der Waals surface area contributed by atoms with E-state index in [1.165, 1.54) is 135 Å². The van der Waals surface area contributed by atoms with Crippen molar-refractivity contribution >= 4 is 17.9 Å². The van der Waals surface area contributed by atoms with Gasteiger partial charge in [-0.2, -0.15) is 0 Å². The zero-order valence-corrected chi connectivity index (χ0v) is 42.3. The molecule has 0 aromatic heterocycles. The van der Waals surface area contributed by atoms with Gasteiger partial charge in [-0.3, -0.25) is 14.4 Å². The normalized spacial score (nSPS) is 12.5. The van der Waals surface area contributed by atoms with Crippen molar-refractivity contribution in [3.63, 3.8) is 0 Å². The molecule has 0 aromatic rings. The van der Waals surface area contributed by atoms with Crippen molar-refractivity contribution < 1.29 is 28.6 Å². The number of ether oxygens (including phenoxy) is 3. The highest BCUT2D eigenvalue weighted by molar-refractivity contribution is 5.71. The van der Waals surface area contributed by atoms with Crippen LogP contribution in [0.1, 0.15) is 271 Å². The molecule has 0 amide bonds. The van der Waals surface area contributed by atoms with E-state index in [1.54, 1.807) is 0 Å². The highest BCUT2D eigenvalue weighted by atomic mass is 16.6. The van der Waals surface area contributed by atoms with Gasteiger partial charge in [0.15, 0.2) is 6.10 Å². The average molecular weight is 895 g/mol. The molecular formula is C58H102O6. The molecule has 6 nitrogen and oxygen atoms in total. The summed E-state index contributed by atoms with van der Waals surface area (Å²) in [6.07, 6.45) is 64.9. The minimum absolute atomic E-state index is 0.0886. The van der Waals surface area contributed by atoms with E-state index in [9.17, 15) is 14.4 Å². The van der Waals surface area contributed by atoms with Gasteiger partial charge in [0.05, 0.1) is 0 Å². The van der Waals surface area contributed by atoms with E-state index in [4.69, 9.17) is 14.2 Å². The summed E-state index contributed by atoms with van der Waals surface area (Å²) < 4.78 is 16.8. The highest BCUT2D eigenvalue weighted by Gasteiger charge is 2.19. The number of rotatable bonds is 49. The molecule has 0 saturated carbocycles. The fraction of sp³-hybridized carbons (Fsp3) is 0.776. The molecule has 64 heavy (non-hydrogen) atoms. The lowest BCUT2D eigenvalue weighted by Crippen LogP contribution is -2.30. The first-order chi connectivity index (χ1) is 31.5. The van der Waals surface area contributed by atoms with E-state index in [1.807, 2.05) is 0 Å². The molecule has 0 aliphatic carbocycles. The van der Waals surface area contributed by atoms with Crippen LogP contribution in [0.3, 0.4) is 0 Å². The van der Waals surface area contributed by atoms with Crippen molar-refractivity contribution in [1.82, 2.24) is 0 Å². The smallest absolute Gasteiger partial charge is 0.306 e. The fourth-order valence-electron chi connectivity index (χ4n) is 7.62. The molecule has 1 atom stereocenters. The minimum Gasteiger partial charge on any atom is -0.462 e. The van der Waals surface area contributed by atoms with Gasteiger partial charge in [0.2, 0.25) is 0 Å². The molecule has 0 bridgehead atoms. The summed E-state index contributed by atoms with van der Waals surface area (Å²) in [6, 6.07) is 0. The number of allylic oxidation sites excluding steroid dienone is 10. The Labute approximate surface area is 396 Å². The SMILES string of the molecule is CC/C=C\C/C=C\C/C=C\CCCCCC(=O)OCC(COC(=O)CCCCCCCCC/C=C\CCCCCCCC)OC(=O)CCCCCCC/C=C\CCCCCCCCC. The predicted molar refractivity (Wildman–Crippen MR) is 275 cm³/mol. The topological polar surface area (TPSA) is 78.9 Å². The molecule has 0 aliphatic rings. The summed E-state index contributed by atoms with van der Waals surface area (Å²) in [7, 11) is 0. The Morgan fingerprint density at radius 1 is 0.328 bits per heavy atom. The monoisotopic (exact) mass is 895 g/mol. The quantitative estimate of drug-likeness (QED) is 0.0262. The van der Waals surface area contributed by atoms with E-state index in [0.29, 0.717) is 19.3 Å². The van der Waals surface area contributed by atoms with Gasteiger partial charge in [-0.15, -0.1) is 0 Å². The summed E-state index contributed by atoms with van der Waals surface area (Å²) >= 11 is 0. The van der Waals surface area contributed by atoms with E-state index in [2.05, 4.69) is 81.5 Å². The van der Waals surface area contributed by atoms with Gasteiger partial charge in [-0.05, 0) is 103 Å². The van der Waals surface area contributed by atoms with Gasteiger partial charge < -0.3 is 14.2 Å². The number of hydrogen-bond donors (Lipinski definition) is 0. The van der Waals surface area contributed by atoms with Crippen LogP contribution in [0.25, 0.3) is 0 Å². The summed E-state index contributed by atoms with van der Waals surface area (Å²) in [6.45, 7) is 6.50. The third kappa shape index (κ3) is 50.1. The van der Waals surface area contributed by atoms with E-state index >= 15 is 0 Å². The van der Waals surface area contributed by atoms with Crippen LogP contribution in [-0.2, 0) is 28.6 Å². The molecule has 0 spiro atoms. The lowest BCUT2D eigenvalue weighted by Gasteiger charge is -2.18. The van der Waals surface area contributed by atoms with Crippen LogP contribution in [0.4, 0.5) is 0 Å². The maximum absolute atomic E-state index is 12.8. The van der Waals surface area contributed by atoms with Crippen LogP contribution >= 0.6 is 0 Å². The summed E-state index contributed by atoms with van der Waals surface area (Å²) in [5.41, 5.74) is 0. The van der Waals surface area contributed by atoms with E-state index in [-0.39, 0.29) is 31.1 Å². The molecule has 0 radical (unpaired) electrons. The van der Waals surface area contributed by atoms with Gasteiger partial charge >= 0.3 is 17.9 Å². The first-order valence-corrected chi connectivity index (χ1v) is 27.3. The number of carbonyl (C=O) groups excluding carboxylic acids is 3. The van der Waals surface area contributed by atoms with E-state index in [0.717, 1.165) is 96.3 Å². The van der Waals surface area contributed by atoms with Gasteiger partial charge in [0, 0.05) is 19.3 Å². The van der Waals surface area contributed by atoms with Crippen molar-refractivity contribution in [3.8, 4) is 0 Å². The third-order valence-electron chi connectivity index (χ3n) is 11.7. The first kappa shape index (κ1) is 61.1. The average Bonchev–Trinajstić information content (AvgIpc) is 3.29. The summed E-state index contributed by atoms with van der Waals surface area (Å²) in [5.74, 6) is -0.925. The molecule has 0 aliphatic heterocycles. The number of carbonyl (C=O) groups is 3. The van der Waals surface area contributed by atoms with E-state index < -0.39 is 6.10 Å². The maximum atomic E-state index is 12.8. The Morgan fingerprint density at radius 2 is 0.609 bits per heavy atom. The Morgan fingerprint density at radius 3 is 0.984 bits per heavy atom. The van der Waals surface area contributed by atoms with Crippen molar-refractivity contribution in [1.29, 1.82) is 0 Å². The summed E-state index contributed by atoms with van der Waals surface area (Å²) in [4.78, 5) is 38.0. The van der Waals surface area contributed by atoms with Gasteiger partial charge in [0.25, 0.3) is 0 Å². The fourth-order valence-corrected chi connectivity index (χ4v) is 7.62. The molecule has 0 heterocycles. The zero-order chi connectivity index (χ0) is 46.5. The van der Waals surface area contributed by atoms with Gasteiger partial charge in [-0.25, -0.2) is 0 Å². The lowest BCUT2D eigenvalue weighted by atomic mass is 10.1. The van der Waals surface area contributed by atoms with Crippen molar-refractivity contribution in [2.75, 3.05) is 13.2 Å². The number of esters is 3. The number of unbranched alkanes of at least 4 members (excludes halogenated alkanes) is 28. The Kier molecular flexibility index (Phi) is 50.4. The van der Waals surface area contributed by atoms with Crippen molar-refractivity contribution in [3.05, 3.63) is 60.8 Å². The second-order valence-corrected chi connectivity index (χ2v) is 18.1. The van der Waals surface area contributed by atoms with Crippen LogP contribution in [-0.4, -0.2) is 37.2 Å². The third-order valence-corrected chi connectivity index (χ3v) is 11.7. The molecule has 0 N–H and O–H groups in total. The molecule has 6 heteroatoms. The molecule has 0 rings (SSSR count). The molecule has 370 valence electrons. The molecule has 0 fully saturated rings. The Balaban J connectivity index is 4.41. The number of hydrogen-bond acceptors (Lipinski definition) is 6. The van der Waals surface area contributed by atoms with Crippen molar-refractivity contribution in [2.24, 2.45) is 0 Å². The lowest BCUT2D eigenvalue weighted by molar-refractivity contribution is -0.167. The van der Waals surface area contributed by atoms with Gasteiger partial charge in [-0.1, -0.05) is 210 Å². The van der Waals surface area contributed by atoms with Crippen LogP contribution in [0.5, 0.6) is 0 Å². The minimum atomic E-state index is -0.791. The first-order valence-electron chi connectivity index (χ1n) is 27.3. The summed E-state index contributed by atoms with van der Waals surface area (Å²) in [5, 5.41) is 0.